The number of nitrogens with one attached hydrogen (secondary N) is 1. The van der Waals surface area contributed by atoms with E-state index in [4.69, 9.17) is 11.5 Å². The van der Waals surface area contributed by atoms with E-state index in [9.17, 15) is 0 Å². The van der Waals surface area contributed by atoms with E-state index in [-0.39, 0.29) is 12.0 Å². The number of rotatable bonds is 3. The zero-order valence-electron chi connectivity index (χ0n) is 13.0. The van der Waals surface area contributed by atoms with Crippen molar-refractivity contribution in [2.24, 2.45) is 16.5 Å². The predicted octanol–water partition coefficient (Wildman–Crippen LogP) is 3.19. The minimum Gasteiger partial charge on any atom is -0.381 e. The van der Waals surface area contributed by atoms with Crippen LogP contribution < -0.4 is 16.8 Å². The summed E-state index contributed by atoms with van der Waals surface area (Å²) in [6, 6.07) is 12.8. The number of nitrogens with two attached hydrogens (primary N) is 2. The summed E-state index contributed by atoms with van der Waals surface area (Å²) in [5.74, 6) is 0.0634. The summed E-state index contributed by atoms with van der Waals surface area (Å²) in [5, 5.41) is 5.75. The first-order valence-electron chi connectivity index (χ1n) is 7.57. The molecule has 0 saturated carbocycles. The van der Waals surface area contributed by atoms with Gasteiger partial charge in [-0.25, -0.2) is 4.99 Å². The van der Waals surface area contributed by atoms with Crippen molar-refractivity contribution in [3.63, 3.8) is 0 Å². The summed E-state index contributed by atoms with van der Waals surface area (Å²) in [6.45, 7) is 1.92. The van der Waals surface area contributed by atoms with Crippen LogP contribution >= 0.6 is 0 Å². The first-order chi connectivity index (χ1) is 11.2. The van der Waals surface area contributed by atoms with Crippen molar-refractivity contribution in [2.75, 3.05) is 0 Å². The second-order valence-corrected chi connectivity index (χ2v) is 5.38. The van der Waals surface area contributed by atoms with Crippen LogP contribution in [0.1, 0.15) is 24.1 Å². The predicted molar refractivity (Wildman–Crippen MR) is 97.6 cm³/mol. The van der Waals surface area contributed by atoms with E-state index in [1.54, 1.807) is 0 Å². The standard InChI is InChI=1S/C19H20N4/c1-2-17(23-19(20)21)14-10-9-13-6-5-7-15(16(13)12-14)18-8-3-4-11-22-18/h2-12,18,22H,1H3,(H4,20,21,23). The number of guanidine groups is 1. The van der Waals surface area contributed by atoms with E-state index < -0.39 is 0 Å². The van der Waals surface area contributed by atoms with E-state index >= 15 is 0 Å². The lowest BCUT2D eigenvalue weighted by Gasteiger charge is -2.18. The minimum atomic E-state index is 0.0634. The third kappa shape index (κ3) is 3.11. The smallest absolute Gasteiger partial charge is 0.191 e. The molecule has 1 atom stereocenters. The van der Waals surface area contributed by atoms with Crippen molar-refractivity contribution in [1.82, 2.24) is 5.32 Å². The first kappa shape index (κ1) is 14.9. The molecule has 4 nitrogen and oxygen atoms in total. The number of allylic oxidation sites excluding steroid dienone is 3. The topological polar surface area (TPSA) is 76.4 Å². The number of nitrogens with zero attached hydrogens (tertiary/aromatic N) is 1. The zero-order valence-corrected chi connectivity index (χ0v) is 13.0. The highest BCUT2D eigenvalue weighted by Crippen LogP contribution is 2.29. The molecule has 5 N–H and O–H groups in total. The van der Waals surface area contributed by atoms with Gasteiger partial charge in [0.2, 0.25) is 0 Å². The van der Waals surface area contributed by atoms with Crippen LogP contribution in [0.5, 0.6) is 0 Å². The van der Waals surface area contributed by atoms with Gasteiger partial charge in [-0.1, -0.05) is 48.6 Å². The molecule has 4 heteroatoms. The van der Waals surface area contributed by atoms with E-state index in [0.29, 0.717) is 0 Å². The molecule has 0 saturated heterocycles. The maximum atomic E-state index is 5.53. The van der Waals surface area contributed by atoms with Gasteiger partial charge in [0.1, 0.15) is 0 Å². The van der Waals surface area contributed by atoms with Crippen LogP contribution in [0, 0.1) is 0 Å². The van der Waals surface area contributed by atoms with Gasteiger partial charge in [0, 0.05) is 5.56 Å². The van der Waals surface area contributed by atoms with Crippen LogP contribution in [0.2, 0.25) is 0 Å². The van der Waals surface area contributed by atoms with Crippen LogP contribution in [-0.2, 0) is 0 Å². The summed E-state index contributed by atoms with van der Waals surface area (Å²) < 4.78 is 0. The van der Waals surface area contributed by atoms with Gasteiger partial charge in [0.05, 0.1) is 11.7 Å². The Morgan fingerprint density at radius 2 is 2.04 bits per heavy atom. The molecule has 23 heavy (non-hydrogen) atoms. The fraction of sp³-hybridized carbons (Fsp3) is 0.105. The molecule has 1 heterocycles. The molecule has 2 aromatic rings. The Hall–Kier alpha value is -3.01. The number of fused-ring (bicyclic) bond motifs is 1. The van der Waals surface area contributed by atoms with Crippen molar-refractivity contribution in [2.45, 2.75) is 13.0 Å². The van der Waals surface area contributed by atoms with Crippen molar-refractivity contribution in [1.29, 1.82) is 0 Å². The first-order valence-corrected chi connectivity index (χ1v) is 7.57. The Morgan fingerprint density at radius 1 is 1.17 bits per heavy atom. The number of hydrogen-bond donors (Lipinski definition) is 3. The van der Waals surface area contributed by atoms with Crippen LogP contribution in [0.3, 0.4) is 0 Å². The van der Waals surface area contributed by atoms with E-state index in [1.165, 1.54) is 16.3 Å². The average Bonchev–Trinajstić information content (AvgIpc) is 2.59. The quantitative estimate of drug-likeness (QED) is 0.602. The Labute approximate surface area is 135 Å². The third-order valence-electron chi connectivity index (χ3n) is 3.86. The number of hydrogen-bond acceptors (Lipinski definition) is 2. The second kappa shape index (κ2) is 6.40. The van der Waals surface area contributed by atoms with Crippen LogP contribution in [0.15, 0.2) is 71.9 Å². The minimum absolute atomic E-state index is 0.0634. The largest absolute Gasteiger partial charge is 0.381 e. The van der Waals surface area contributed by atoms with Crippen molar-refractivity contribution in [3.05, 3.63) is 78.0 Å². The summed E-state index contributed by atoms with van der Waals surface area (Å²) >= 11 is 0. The highest BCUT2D eigenvalue weighted by Gasteiger charge is 2.12. The van der Waals surface area contributed by atoms with Gasteiger partial charge in [-0.3, -0.25) is 0 Å². The maximum absolute atomic E-state index is 5.53. The lowest BCUT2D eigenvalue weighted by Crippen LogP contribution is -2.22. The molecule has 0 aliphatic carbocycles. The zero-order chi connectivity index (χ0) is 16.2. The summed E-state index contributed by atoms with van der Waals surface area (Å²) in [6.07, 6.45) is 10.1. The van der Waals surface area contributed by atoms with Crippen LogP contribution in [0.4, 0.5) is 0 Å². The summed E-state index contributed by atoms with van der Waals surface area (Å²) in [7, 11) is 0. The van der Waals surface area contributed by atoms with Crippen LogP contribution in [-0.4, -0.2) is 5.96 Å². The fourth-order valence-corrected chi connectivity index (χ4v) is 2.80. The Balaban J connectivity index is 2.13. The molecule has 0 aromatic heterocycles. The number of aliphatic imine (C=N–C) groups is 1. The fourth-order valence-electron chi connectivity index (χ4n) is 2.80. The lowest BCUT2D eigenvalue weighted by molar-refractivity contribution is 0.752. The lowest BCUT2D eigenvalue weighted by atomic mass is 9.95. The van der Waals surface area contributed by atoms with Crippen molar-refractivity contribution < 1.29 is 0 Å². The van der Waals surface area contributed by atoms with Gasteiger partial charge in [-0.05, 0) is 41.6 Å². The molecular formula is C19H20N4. The SMILES string of the molecule is CC=C(N=C(N)N)c1ccc2cccc(C3C=CC=CN3)c2c1. The highest BCUT2D eigenvalue weighted by molar-refractivity contribution is 5.91. The monoisotopic (exact) mass is 304 g/mol. The summed E-state index contributed by atoms with van der Waals surface area (Å²) in [5.41, 5.74) is 14.0. The molecule has 0 amide bonds. The molecule has 1 unspecified atom stereocenters. The second-order valence-electron chi connectivity index (χ2n) is 5.38. The highest BCUT2D eigenvalue weighted by atomic mass is 15.0. The van der Waals surface area contributed by atoms with Crippen molar-refractivity contribution in [3.8, 4) is 0 Å². The molecule has 0 fully saturated rings. The van der Waals surface area contributed by atoms with E-state index in [0.717, 1.165) is 11.3 Å². The third-order valence-corrected chi connectivity index (χ3v) is 3.86. The van der Waals surface area contributed by atoms with Gasteiger partial charge in [0.25, 0.3) is 0 Å². The Bertz CT molecular complexity index is 840. The summed E-state index contributed by atoms with van der Waals surface area (Å²) in [4.78, 5) is 4.21. The molecule has 0 spiro atoms. The number of dihydropyridines is 1. The number of benzene rings is 2. The molecule has 2 aromatic carbocycles. The molecule has 1 aliphatic rings. The molecule has 3 rings (SSSR count). The van der Waals surface area contributed by atoms with E-state index in [2.05, 4.69) is 52.8 Å². The molecule has 0 radical (unpaired) electrons. The van der Waals surface area contributed by atoms with Crippen LogP contribution in [0.25, 0.3) is 16.5 Å². The van der Waals surface area contributed by atoms with Gasteiger partial charge < -0.3 is 16.8 Å². The Morgan fingerprint density at radius 3 is 2.74 bits per heavy atom. The maximum Gasteiger partial charge on any atom is 0.191 e. The Kier molecular flexibility index (Phi) is 4.15. The molecule has 1 aliphatic heterocycles. The van der Waals surface area contributed by atoms with E-state index in [1.807, 2.05) is 31.3 Å². The molecule has 0 bridgehead atoms. The van der Waals surface area contributed by atoms with Gasteiger partial charge in [-0.15, -0.1) is 0 Å². The van der Waals surface area contributed by atoms with Gasteiger partial charge >= 0.3 is 0 Å². The van der Waals surface area contributed by atoms with Gasteiger partial charge in [0.15, 0.2) is 5.96 Å². The normalized spacial score (nSPS) is 17.1. The molecular weight excluding hydrogens is 284 g/mol. The average molecular weight is 304 g/mol. The van der Waals surface area contributed by atoms with Crippen molar-refractivity contribution >= 4 is 22.4 Å². The molecule has 116 valence electrons. The van der Waals surface area contributed by atoms with Gasteiger partial charge in [-0.2, -0.15) is 0 Å².